The minimum absolute atomic E-state index is 0.0116. The second-order valence-electron chi connectivity index (χ2n) is 27.4. The molecule has 6 heteroatoms. The number of carbonyl (C=O) groups is 2. The molecule has 0 aromatic rings. The van der Waals surface area contributed by atoms with Crippen LogP contribution in [0.4, 0.5) is 0 Å². The first kappa shape index (κ1) is 85.8. The number of amides is 1. The van der Waals surface area contributed by atoms with E-state index in [0.717, 1.165) is 51.4 Å². The van der Waals surface area contributed by atoms with Crippen molar-refractivity contribution in [2.24, 2.45) is 0 Å². The summed E-state index contributed by atoms with van der Waals surface area (Å²) in [7, 11) is 0. The van der Waals surface area contributed by atoms with Crippen molar-refractivity contribution in [3.05, 3.63) is 48.6 Å². The van der Waals surface area contributed by atoms with E-state index < -0.39 is 12.1 Å². The number of nitrogens with one attached hydrogen (secondary N) is 1. The van der Waals surface area contributed by atoms with Crippen molar-refractivity contribution >= 4 is 11.9 Å². The number of unbranched alkanes of at least 4 members (excludes halogenated alkanes) is 58. The van der Waals surface area contributed by atoms with Gasteiger partial charge in [0.05, 0.1) is 25.4 Å². The molecule has 0 saturated heterocycles. The SMILES string of the molecule is CCCCCC/C=C\C/C=C\CCCCCCCCCC(=O)OCCCCCCCCCCCCCC/C=C\CCCCCCCCCCCCCCCCCCCC(=O)NC(CO)C(O)/C=C/CCCCCCCCCCCCCCCCCCCC. The molecule has 0 radical (unpaired) electrons. The van der Waals surface area contributed by atoms with Gasteiger partial charge in [0.2, 0.25) is 5.91 Å². The quantitative estimate of drug-likeness (QED) is 0.0320. The Morgan fingerprint density at radius 3 is 0.886 bits per heavy atom. The van der Waals surface area contributed by atoms with E-state index in [9.17, 15) is 19.8 Å². The average Bonchev–Trinajstić information content (AvgIpc) is 3.58. The van der Waals surface area contributed by atoms with Crippen LogP contribution in [0.5, 0.6) is 0 Å². The largest absolute Gasteiger partial charge is 0.466 e. The number of esters is 1. The molecule has 88 heavy (non-hydrogen) atoms. The second-order valence-corrected chi connectivity index (χ2v) is 27.4. The lowest BCUT2D eigenvalue weighted by Gasteiger charge is -2.20. The van der Waals surface area contributed by atoms with E-state index in [4.69, 9.17) is 4.74 Å². The number of aliphatic hydroxyl groups excluding tert-OH is 2. The third-order valence-corrected chi connectivity index (χ3v) is 18.6. The zero-order chi connectivity index (χ0) is 63.5. The predicted octanol–water partition coefficient (Wildman–Crippen LogP) is 26.4. The zero-order valence-electron chi connectivity index (χ0n) is 59.5. The monoisotopic (exact) mass is 1230 g/mol. The molecule has 0 aliphatic rings. The van der Waals surface area contributed by atoms with Gasteiger partial charge in [0.15, 0.2) is 0 Å². The number of hydrogen-bond acceptors (Lipinski definition) is 5. The van der Waals surface area contributed by atoms with Gasteiger partial charge in [0.25, 0.3) is 0 Å². The van der Waals surface area contributed by atoms with Crippen LogP contribution in [0, 0.1) is 0 Å². The fraction of sp³-hybridized carbons (Fsp3) is 0.878. The van der Waals surface area contributed by atoms with Crippen LogP contribution in [0.2, 0.25) is 0 Å². The van der Waals surface area contributed by atoms with Crippen LogP contribution >= 0.6 is 0 Å². The zero-order valence-corrected chi connectivity index (χ0v) is 59.5. The van der Waals surface area contributed by atoms with E-state index >= 15 is 0 Å². The van der Waals surface area contributed by atoms with E-state index in [-0.39, 0.29) is 18.5 Å². The number of aliphatic hydroxyl groups is 2. The standard InChI is InChI=1S/C82H155NO5/c1-3-5-7-9-11-13-15-17-19-21-23-39-42-46-50-54-58-62-66-70-74-80(85)79(78-84)83-81(86)75-71-67-63-59-55-51-47-43-40-37-35-33-31-29-27-25-24-26-28-30-32-34-36-38-41-45-49-53-57-61-65-69-73-77-88-82(87)76-72-68-64-60-56-52-48-44-22-20-18-16-14-12-10-8-6-4-2/h14,16,20,22,28,30,70,74,79-80,84-85H,3-13,15,17-19,21,23-27,29,31-69,71-73,75-78H2,1-2H3,(H,83,86)/b16-14-,22-20-,30-28-,74-70+. The lowest BCUT2D eigenvalue weighted by molar-refractivity contribution is -0.143. The molecule has 6 nitrogen and oxygen atoms in total. The van der Waals surface area contributed by atoms with Gasteiger partial charge in [-0.2, -0.15) is 0 Å². The maximum Gasteiger partial charge on any atom is 0.305 e. The Morgan fingerprint density at radius 2 is 0.568 bits per heavy atom. The molecule has 0 fully saturated rings. The average molecular weight is 1240 g/mol. The third-order valence-electron chi connectivity index (χ3n) is 18.6. The maximum atomic E-state index is 12.5. The van der Waals surface area contributed by atoms with Crippen molar-refractivity contribution in [1.29, 1.82) is 0 Å². The van der Waals surface area contributed by atoms with Crippen LogP contribution in [-0.4, -0.2) is 47.4 Å². The van der Waals surface area contributed by atoms with Crippen LogP contribution < -0.4 is 5.32 Å². The van der Waals surface area contributed by atoms with Crippen molar-refractivity contribution < 1.29 is 24.5 Å². The Morgan fingerprint density at radius 1 is 0.318 bits per heavy atom. The molecule has 0 aliphatic heterocycles. The first-order valence-corrected chi connectivity index (χ1v) is 39.9. The summed E-state index contributed by atoms with van der Waals surface area (Å²) in [4.78, 5) is 24.7. The highest BCUT2D eigenvalue weighted by atomic mass is 16.5. The Balaban J connectivity index is 3.37. The Labute approximate surface area is 550 Å². The van der Waals surface area contributed by atoms with E-state index in [1.54, 1.807) is 6.08 Å². The first-order valence-electron chi connectivity index (χ1n) is 39.9. The molecule has 3 N–H and O–H groups in total. The Hall–Kier alpha value is -2.18. The van der Waals surface area contributed by atoms with Gasteiger partial charge in [0, 0.05) is 12.8 Å². The molecular formula is C82H155NO5. The topological polar surface area (TPSA) is 95.9 Å². The van der Waals surface area contributed by atoms with Crippen LogP contribution in [0.3, 0.4) is 0 Å². The fourth-order valence-electron chi connectivity index (χ4n) is 12.5. The van der Waals surface area contributed by atoms with Gasteiger partial charge in [-0.3, -0.25) is 9.59 Å². The molecule has 0 bridgehead atoms. The smallest absolute Gasteiger partial charge is 0.305 e. The molecule has 0 rings (SSSR count). The summed E-state index contributed by atoms with van der Waals surface area (Å²) in [5.41, 5.74) is 0. The summed E-state index contributed by atoms with van der Waals surface area (Å²) in [6, 6.07) is -0.627. The minimum Gasteiger partial charge on any atom is -0.466 e. The third kappa shape index (κ3) is 72.9. The number of rotatable bonds is 75. The molecule has 2 unspecified atom stereocenters. The number of allylic oxidation sites excluding steroid dienone is 7. The lowest BCUT2D eigenvalue weighted by Crippen LogP contribution is -2.45. The number of ether oxygens (including phenoxy) is 1. The van der Waals surface area contributed by atoms with Gasteiger partial charge in [-0.25, -0.2) is 0 Å². The highest BCUT2D eigenvalue weighted by Crippen LogP contribution is 2.19. The highest BCUT2D eigenvalue weighted by molar-refractivity contribution is 5.76. The first-order chi connectivity index (χ1) is 43.5. The Kier molecular flexibility index (Phi) is 75.4. The molecule has 0 spiro atoms. The van der Waals surface area contributed by atoms with Crippen molar-refractivity contribution in [3.63, 3.8) is 0 Å². The van der Waals surface area contributed by atoms with E-state index in [2.05, 4.69) is 55.6 Å². The van der Waals surface area contributed by atoms with Crippen molar-refractivity contribution in [1.82, 2.24) is 5.32 Å². The van der Waals surface area contributed by atoms with Gasteiger partial charge in [-0.1, -0.05) is 383 Å². The molecule has 518 valence electrons. The normalized spacial score (nSPS) is 12.7. The van der Waals surface area contributed by atoms with Gasteiger partial charge in [-0.15, -0.1) is 0 Å². The number of hydrogen-bond donors (Lipinski definition) is 3. The van der Waals surface area contributed by atoms with Gasteiger partial charge in [0.1, 0.15) is 0 Å². The molecule has 2 atom stereocenters. The molecule has 1 amide bonds. The molecular weight excluding hydrogens is 1080 g/mol. The van der Waals surface area contributed by atoms with Crippen molar-refractivity contribution in [3.8, 4) is 0 Å². The van der Waals surface area contributed by atoms with Crippen LogP contribution in [0.1, 0.15) is 438 Å². The fourth-order valence-corrected chi connectivity index (χ4v) is 12.5. The predicted molar refractivity (Wildman–Crippen MR) is 389 cm³/mol. The van der Waals surface area contributed by atoms with E-state index in [1.807, 2.05) is 6.08 Å². The van der Waals surface area contributed by atoms with Crippen LogP contribution in [0.25, 0.3) is 0 Å². The summed E-state index contributed by atoms with van der Waals surface area (Å²) in [6.07, 6.45) is 102. The summed E-state index contributed by atoms with van der Waals surface area (Å²) >= 11 is 0. The van der Waals surface area contributed by atoms with E-state index in [1.165, 1.54) is 360 Å². The maximum absolute atomic E-state index is 12.5. The van der Waals surface area contributed by atoms with Crippen LogP contribution in [-0.2, 0) is 14.3 Å². The minimum atomic E-state index is -0.844. The lowest BCUT2D eigenvalue weighted by atomic mass is 10.0. The molecule has 0 heterocycles. The Bertz CT molecular complexity index is 1470. The summed E-state index contributed by atoms with van der Waals surface area (Å²) < 4.78 is 5.51. The summed E-state index contributed by atoms with van der Waals surface area (Å²) in [6.45, 7) is 4.93. The summed E-state index contributed by atoms with van der Waals surface area (Å²) in [5, 5.41) is 23.3. The molecule has 0 saturated carbocycles. The van der Waals surface area contributed by atoms with Crippen LogP contribution in [0.15, 0.2) is 48.6 Å². The number of carbonyl (C=O) groups excluding carboxylic acids is 2. The van der Waals surface area contributed by atoms with Gasteiger partial charge >= 0.3 is 5.97 Å². The molecule has 0 aromatic carbocycles. The van der Waals surface area contributed by atoms with Gasteiger partial charge < -0.3 is 20.3 Å². The summed E-state index contributed by atoms with van der Waals surface area (Å²) in [5.74, 6) is -0.0494. The van der Waals surface area contributed by atoms with Crippen molar-refractivity contribution in [2.45, 2.75) is 450 Å². The van der Waals surface area contributed by atoms with Gasteiger partial charge in [-0.05, 0) is 89.9 Å². The highest BCUT2D eigenvalue weighted by Gasteiger charge is 2.18. The second kappa shape index (κ2) is 77.3. The molecule has 0 aliphatic carbocycles. The van der Waals surface area contributed by atoms with Crippen molar-refractivity contribution in [2.75, 3.05) is 13.2 Å². The molecule has 0 aromatic heterocycles. The van der Waals surface area contributed by atoms with E-state index in [0.29, 0.717) is 19.4 Å².